The molecule has 0 saturated carbocycles. The smallest absolute Gasteiger partial charge is 0.215 e. The van der Waals surface area contributed by atoms with Crippen LogP contribution in [-0.4, -0.2) is 35.2 Å². The summed E-state index contributed by atoms with van der Waals surface area (Å²) in [6.45, 7) is 3.56. The molecule has 0 bridgehead atoms. The highest BCUT2D eigenvalue weighted by atomic mass is 16.5. The van der Waals surface area contributed by atoms with Gasteiger partial charge in [0.15, 0.2) is 5.65 Å². The van der Waals surface area contributed by atoms with E-state index in [1.165, 1.54) is 0 Å². The summed E-state index contributed by atoms with van der Waals surface area (Å²) in [5.41, 5.74) is 1.70. The van der Waals surface area contributed by atoms with E-state index in [0.29, 0.717) is 12.5 Å². The molecule has 0 fully saturated rings. The summed E-state index contributed by atoms with van der Waals surface area (Å²) in [6.07, 6.45) is 2.00. The fraction of sp³-hybridized carbons (Fsp3) is 0.500. The molecule has 92 valence electrons. The molecule has 0 unspecified atom stereocenters. The number of nitrogens with zero attached hydrogens (tertiary/aromatic N) is 2. The zero-order chi connectivity index (χ0) is 12.1. The van der Waals surface area contributed by atoms with Gasteiger partial charge in [0.05, 0.1) is 12.1 Å². The Balaban J connectivity index is 2.12. The Morgan fingerprint density at radius 2 is 2.24 bits per heavy atom. The third-order valence-corrected chi connectivity index (χ3v) is 2.50. The second-order valence-electron chi connectivity index (χ2n) is 3.84. The second-order valence-corrected chi connectivity index (χ2v) is 3.84. The lowest BCUT2D eigenvalue weighted by Crippen LogP contribution is -2.08. The first-order valence-electron chi connectivity index (χ1n) is 5.96. The van der Waals surface area contributed by atoms with E-state index in [9.17, 15) is 0 Å². The number of imidazole rings is 1. The van der Waals surface area contributed by atoms with E-state index in [1.54, 1.807) is 0 Å². The van der Waals surface area contributed by atoms with Crippen LogP contribution in [0.4, 0.5) is 0 Å². The molecule has 17 heavy (non-hydrogen) atoms. The van der Waals surface area contributed by atoms with Crippen LogP contribution in [0.15, 0.2) is 12.1 Å². The van der Waals surface area contributed by atoms with Crippen molar-refractivity contribution in [3.63, 3.8) is 0 Å². The number of pyridine rings is 1. The first kappa shape index (κ1) is 11.9. The normalized spacial score (nSPS) is 10.9. The van der Waals surface area contributed by atoms with Crippen molar-refractivity contribution in [2.24, 2.45) is 0 Å². The van der Waals surface area contributed by atoms with Gasteiger partial charge in [-0.25, -0.2) is 4.98 Å². The predicted molar refractivity (Wildman–Crippen MR) is 67.3 cm³/mol. The molecule has 0 aliphatic carbocycles. The van der Waals surface area contributed by atoms with Crippen molar-refractivity contribution in [3.05, 3.63) is 18.0 Å². The Bertz CT molecular complexity index is 480. The van der Waals surface area contributed by atoms with Crippen molar-refractivity contribution in [1.82, 2.24) is 20.3 Å². The zero-order valence-electron chi connectivity index (χ0n) is 10.3. The molecule has 0 atom stereocenters. The van der Waals surface area contributed by atoms with Crippen LogP contribution in [0.1, 0.15) is 19.2 Å². The van der Waals surface area contributed by atoms with E-state index in [4.69, 9.17) is 4.74 Å². The molecule has 2 aromatic heterocycles. The van der Waals surface area contributed by atoms with Gasteiger partial charge in [0.25, 0.3) is 0 Å². The minimum Gasteiger partial charge on any atom is -0.478 e. The van der Waals surface area contributed by atoms with Crippen LogP contribution in [-0.2, 0) is 6.42 Å². The highest BCUT2D eigenvalue weighted by molar-refractivity contribution is 5.71. The van der Waals surface area contributed by atoms with Crippen molar-refractivity contribution >= 4 is 11.2 Å². The Morgan fingerprint density at radius 1 is 1.35 bits per heavy atom. The van der Waals surface area contributed by atoms with Crippen molar-refractivity contribution in [2.75, 3.05) is 20.2 Å². The summed E-state index contributed by atoms with van der Waals surface area (Å²) in [5.74, 6) is 1.62. The van der Waals surface area contributed by atoms with Gasteiger partial charge < -0.3 is 15.0 Å². The number of hydrogen-bond acceptors (Lipinski definition) is 4. The van der Waals surface area contributed by atoms with Crippen molar-refractivity contribution in [2.45, 2.75) is 19.8 Å². The largest absolute Gasteiger partial charge is 0.478 e. The number of nitrogens with one attached hydrogen (secondary N) is 2. The Labute approximate surface area is 101 Å². The average molecular weight is 234 g/mol. The minimum absolute atomic E-state index is 0.623. The minimum atomic E-state index is 0.623. The van der Waals surface area contributed by atoms with Gasteiger partial charge in [0.2, 0.25) is 5.88 Å². The molecule has 0 aliphatic rings. The Morgan fingerprint density at radius 3 is 3.00 bits per heavy atom. The third-order valence-electron chi connectivity index (χ3n) is 2.50. The van der Waals surface area contributed by atoms with Crippen LogP contribution in [0.25, 0.3) is 11.2 Å². The van der Waals surface area contributed by atoms with Crippen molar-refractivity contribution in [3.8, 4) is 5.88 Å². The van der Waals surface area contributed by atoms with Gasteiger partial charge in [-0.15, -0.1) is 0 Å². The Kier molecular flexibility index (Phi) is 3.93. The maximum absolute atomic E-state index is 5.35. The number of H-pyrrole nitrogens is 1. The first-order chi connectivity index (χ1) is 8.33. The van der Waals surface area contributed by atoms with E-state index in [2.05, 4.69) is 20.3 Å². The van der Waals surface area contributed by atoms with E-state index in [1.807, 2.05) is 26.1 Å². The van der Waals surface area contributed by atoms with Crippen LogP contribution in [0.2, 0.25) is 0 Å². The van der Waals surface area contributed by atoms with Gasteiger partial charge in [-0.2, -0.15) is 4.98 Å². The first-order valence-corrected chi connectivity index (χ1v) is 5.96. The van der Waals surface area contributed by atoms with E-state index in [0.717, 1.165) is 36.4 Å². The summed E-state index contributed by atoms with van der Waals surface area (Å²) < 4.78 is 5.35. The predicted octanol–water partition coefficient (Wildman–Crippen LogP) is 1.51. The SMILES string of the molecule is CCOc1ccc2[nH]c(CCCNC)nc2n1. The van der Waals surface area contributed by atoms with Gasteiger partial charge in [-0.05, 0) is 33.0 Å². The van der Waals surface area contributed by atoms with Gasteiger partial charge in [0.1, 0.15) is 5.82 Å². The van der Waals surface area contributed by atoms with Gasteiger partial charge >= 0.3 is 0 Å². The summed E-state index contributed by atoms with van der Waals surface area (Å²) in [5, 5.41) is 3.12. The number of aromatic nitrogens is 3. The molecule has 5 heteroatoms. The number of aryl methyl sites for hydroxylation is 1. The van der Waals surface area contributed by atoms with Crippen LogP contribution < -0.4 is 10.1 Å². The van der Waals surface area contributed by atoms with E-state index >= 15 is 0 Å². The molecule has 2 N–H and O–H groups in total. The third kappa shape index (κ3) is 2.94. The number of fused-ring (bicyclic) bond motifs is 1. The quantitative estimate of drug-likeness (QED) is 0.744. The highest BCUT2D eigenvalue weighted by Crippen LogP contribution is 2.15. The number of hydrogen-bond donors (Lipinski definition) is 2. The summed E-state index contributed by atoms with van der Waals surface area (Å²) in [6, 6.07) is 3.82. The monoisotopic (exact) mass is 234 g/mol. The van der Waals surface area contributed by atoms with E-state index < -0.39 is 0 Å². The topological polar surface area (TPSA) is 62.8 Å². The van der Waals surface area contributed by atoms with Crippen LogP contribution in [0.3, 0.4) is 0 Å². The molecular weight excluding hydrogens is 216 g/mol. The van der Waals surface area contributed by atoms with Gasteiger partial charge in [0, 0.05) is 12.5 Å². The molecule has 2 rings (SSSR count). The van der Waals surface area contributed by atoms with Crippen molar-refractivity contribution < 1.29 is 4.74 Å². The lowest BCUT2D eigenvalue weighted by atomic mass is 10.3. The van der Waals surface area contributed by atoms with Crippen LogP contribution in [0.5, 0.6) is 5.88 Å². The lowest BCUT2D eigenvalue weighted by molar-refractivity contribution is 0.328. The van der Waals surface area contributed by atoms with Crippen molar-refractivity contribution in [1.29, 1.82) is 0 Å². The van der Waals surface area contributed by atoms with Gasteiger partial charge in [-0.3, -0.25) is 0 Å². The Hall–Kier alpha value is -1.62. The molecule has 5 nitrogen and oxygen atoms in total. The molecule has 2 heterocycles. The fourth-order valence-corrected chi connectivity index (χ4v) is 1.70. The maximum Gasteiger partial charge on any atom is 0.215 e. The molecule has 0 aromatic carbocycles. The zero-order valence-corrected chi connectivity index (χ0v) is 10.3. The van der Waals surface area contributed by atoms with Crippen LogP contribution >= 0.6 is 0 Å². The molecular formula is C12H18N4O. The molecule has 0 radical (unpaired) electrons. The second kappa shape index (κ2) is 5.63. The summed E-state index contributed by atoms with van der Waals surface area (Å²) >= 11 is 0. The lowest BCUT2D eigenvalue weighted by Gasteiger charge is -1.99. The summed E-state index contributed by atoms with van der Waals surface area (Å²) in [4.78, 5) is 12.1. The molecule has 0 spiro atoms. The van der Waals surface area contributed by atoms with Gasteiger partial charge in [-0.1, -0.05) is 0 Å². The highest BCUT2D eigenvalue weighted by Gasteiger charge is 2.05. The standard InChI is InChI=1S/C12H18N4O/c1-3-17-11-7-6-9-12(16-11)15-10(14-9)5-4-8-13-2/h6-7,13H,3-5,8H2,1-2H3,(H,14,15,16). The average Bonchev–Trinajstić information content (AvgIpc) is 2.72. The molecule has 2 aromatic rings. The summed E-state index contributed by atoms with van der Waals surface area (Å²) in [7, 11) is 1.95. The fourth-order valence-electron chi connectivity index (χ4n) is 1.70. The molecule has 0 amide bonds. The maximum atomic E-state index is 5.35. The number of rotatable bonds is 6. The molecule has 0 aliphatic heterocycles. The molecule has 0 saturated heterocycles. The number of aromatic amines is 1. The van der Waals surface area contributed by atoms with E-state index in [-0.39, 0.29) is 0 Å². The number of ether oxygens (including phenoxy) is 1. The van der Waals surface area contributed by atoms with Crippen LogP contribution in [0, 0.1) is 0 Å².